The monoisotopic (exact) mass is 491 g/mol. The molecule has 6 nitrogen and oxygen atoms in total. The molecule has 1 saturated heterocycles. The van der Waals surface area contributed by atoms with E-state index in [9.17, 15) is 27.9 Å². The number of carbonyl (C=O) groups is 2. The van der Waals surface area contributed by atoms with Crippen LogP contribution in [0.4, 0.5) is 18.9 Å². The van der Waals surface area contributed by atoms with Crippen molar-refractivity contribution in [2.45, 2.75) is 19.1 Å². The number of alkyl halides is 3. The number of rotatable bonds is 4. The molecule has 0 saturated carbocycles. The maximum Gasteiger partial charge on any atom is 0.416 e. The van der Waals surface area contributed by atoms with Gasteiger partial charge in [-0.15, -0.1) is 0 Å². The highest BCUT2D eigenvalue weighted by atomic mass is 35.5. The van der Waals surface area contributed by atoms with Crippen LogP contribution in [0.1, 0.15) is 28.5 Å². The van der Waals surface area contributed by atoms with Crippen LogP contribution >= 0.6 is 11.6 Å². The summed E-state index contributed by atoms with van der Waals surface area (Å²) < 4.78 is 49.8. The first-order chi connectivity index (χ1) is 16.0. The molecular formula is C24H17ClF3NO5. The second-order valence-electron chi connectivity index (χ2n) is 7.56. The molecule has 1 aliphatic heterocycles. The number of ether oxygens (including phenoxy) is 1. The third kappa shape index (κ3) is 3.92. The highest BCUT2D eigenvalue weighted by Crippen LogP contribution is 2.45. The van der Waals surface area contributed by atoms with Crippen LogP contribution < -0.4 is 9.64 Å². The maximum atomic E-state index is 13.1. The van der Waals surface area contributed by atoms with Gasteiger partial charge in [0.1, 0.15) is 23.3 Å². The summed E-state index contributed by atoms with van der Waals surface area (Å²) in [6, 6.07) is 8.66. The number of amides is 1. The molecule has 10 heteroatoms. The van der Waals surface area contributed by atoms with E-state index >= 15 is 0 Å². The summed E-state index contributed by atoms with van der Waals surface area (Å²) >= 11 is 6.23. The minimum atomic E-state index is -4.58. The molecule has 1 aliphatic rings. The molecule has 4 rings (SSSR count). The lowest BCUT2D eigenvalue weighted by Gasteiger charge is -2.24. The Morgan fingerprint density at radius 3 is 2.38 bits per heavy atom. The minimum Gasteiger partial charge on any atom is -0.507 e. The maximum absolute atomic E-state index is 13.1. The SMILES string of the molecule is COc1c(Cl)cc(C)cc1/C(O)=C1/C(=O)C(=O)N(c2ccc(C(F)(F)F)cc2)C1c1ccco1. The van der Waals surface area contributed by atoms with Crippen molar-refractivity contribution >= 4 is 34.7 Å². The van der Waals surface area contributed by atoms with Crippen molar-refractivity contribution < 1.29 is 37.0 Å². The lowest BCUT2D eigenvalue weighted by molar-refractivity contribution is -0.137. The molecule has 1 amide bonds. The Labute approximate surface area is 196 Å². The number of nitrogens with zero attached hydrogens (tertiary/aromatic N) is 1. The molecule has 0 radical (unpaired) electrons. The predicted molar refractivity (Wildman–Crippen MR) is 118 cm³/mol. The molecule has 0 bridgehead atoms. The van der Waals surface area contributed by atoms with E-state index in [1.165, 1.54) is 31.6 Å². The van der Waals surface area contributed by atoms with Gasteiger partial charge in [-0.25, -0.2) is 0 Å². The summed E-state index contributed by atoms with van der Waals surface area (Å²) in [5, 5.41) is 11.4. The number of methoxy groups -OCH3 is 1. The molecule has 1 unspecified atom stereocenters. The van der Waals surface area contributed by atoms with Crippen LogP contribution in [0.2, 0.25) is 5.02 Å². The van der Waals surface area contributed by atoms with E-state index in [2.05, 4.69) is 0 Å². The van der Waals surface area contributed by atoms with Crippen LogP contribution in [0.5, 0.6) is 5.75 Å². The fourth-order valence-corrected chi connectivity index (χ4v) is 4.23. The van der Waals surface area contributed by atoms with Crippen LogP contribution in [0.3, 0.4) is 0 Å². The van der Waals surface area contributed by atoms with E-state index in [-0.39, 0.29) is 33.4 Å². The molecule has 1 fully saturated rings. The standard InChI is InChI=1S/C24H17ClF3NO5/c1-12-10-15(22(33-2)16(25)11-12)20(30)18-19(17-4-3-9-34-17)29(23(32)21(18)31)14-7-5-13(6-8-14)24(26,27)28/h3-11,19,30H,1-2H3/b20-18-. The lowest BCUT2D eigenvalue weighted by atomic mass is 9.97. The average Bonchev–Trinajstić information content (AvgIpc) is 3.39. The Kier molecular flexibility index (Phi) is 5.91. The number of aliphatic hydroxyl groups is 1. The quantitative estimate of drug-likeness (QED) is 0.279. The van der Waals surface area contributed by atoms with Gasteiger partial charge in [0.15, 0.2) is 0 Å². The summed E-state index contributed by atoms with van der Waals surface area (Å²) in [6.07, 6.45) is -3.26. The van der Waals surface area contributed by atoms with Crippen molar-refractivity contribution in [2.75, 3.05) is 12.0 Å². The van der Waals surface area contributed by atoms with Gasteiger partial charge in [0, 0.05) is 5.69 Å². The van der Waals surface area contributed by atoms with E-state index in [4.69, 9.17) is 20.8 Å². The summed E-state index contributed by atoms with van der Waals surface area (Å²) in [6.45, 7) is 1.72. The number of hydrogen-bond acceptors (Lipinski definition) is 5. The van der Waals surface area contributed by atoms with E-state index in [1.807, 2.05) is 0 Å². The second kappa shape index (κ2) is 8.57. The molecular weight excluding hydrogens is 475 g/mol. The Hall–Kier alpha value is -3.72. The number of anilines is 1. The summed E-state index contributed by atoms with van der Waals surface area (Å²) in [5.74, 6) is -2.43. The van der Waals surface area contributed by atoms with Crippen molar-refractivity contribution in [3.8, 4) is 5.75 Å². The van der Waals surface area contributed by atoms with Gasteiger partial charge in [-0.3, -0.25) is 14.5 Å². The van der Waals surface area contributed by atoms with Crippen LogP contribution in [-0.4, -0.2) is 23.9 Å². The van der Waals surface area contributed by atoms with Crippen LogP contribution in [0.15, 0.2) is 64.8 Å². The normalized spacial score (nSPS) is 17.9. The van der Waals surface area contributed by atoms with Gasteiger partial charge in [0.05, 0.1) is 35.1 Å². The molecule has 1 aromatic heterocycles. The van der Waals surface area contributed by atoms with E-state index in [1.54, 1.807) is 13.0 Å². The Bertz CT molecular complexity index is 1300. The fraction of sp³-hybridized carbons (Fsp3) is 0.167. The average molecular weight is 492 g/mol. The first-order valence-corrected chi connectivity index (χ1v) is 10.3. The number of carbonyl (C=O) groups excluding carboxylic acids is 2. The van der Waals surface area contributed by atoms with Crippen molar-refractivity contribution in [1.82, 2.24) is 0 Å². The van der Waals surface area contributed by atoms with Gasteiger partial charge in [-0.2, -0.15) is 13.2 Å². The number of hydrogen-bond donors (Lipinski definition) is 1. The van der Waals surface area contributed by atoms with Crippen LogP contribution in [0, 0.1) is 6.92 Å². The number of aryl methyl sites for hydroxylation is 1. The molecule has 2 heterocycles. The number of Topliss-reactive ketones (excluding diaryl/α,β-unsaturated/α-hetero) is 1. The van der Waals surface area contributed by atoms with E-state index in [0.717, 1.165) is 29.2 Å². The Morgan fingerprint density at radius 1 is 1.15 bits per heavy atom. The first kappa shape index (κ1) is 23.4. The van der Waals surface area contributed by atoms with E-state index in [0.29, 0.717) is 5.56 Å². The smallest absolute Gasteiger partial charge is 0.416 e. The topological polar surface area (TPSA) is 80.0 Å². The third-order valence-electron chi connectivity index (χ3n) is 5.38. The first-order valence-electron chi connectivity index (χ1n) is 9.90. The zero-order valence-electron chi connectivity index (χ0n) is 17.8. The van der Waals surface area contributed by atoms with Crippen molar-refractivity contribution in [3.63, 3.8) is 0 Å². The minimum absolute atomic E-state index is 0.0183. The largest absolute Gasteiger partial charge is 0.507 e. The van der Waals surface area contributed by atoms with Crippen molar-refractivity contribution in [1.29, 1.82) is 0 Å². The van der Waals surface area contributed by atoms with Gasteiger partial charge in [-0.05, 0) is 61.0 Å². The summed E-state index contributed by atoms with van der Waals surface area (Å²) in [7, 11) is 1.33. The molecule has 0 aliphatic carbocycles. The van der Waals surface area contributed by atoms with E-state index < -0.39 is 35.2 Å². The number of halogens is 4. The summed E-state index contributed by atoms with van der Waals surface area (Å²) in [5.41, 5.74) is -0.487. The van der Waals surface area contributed by atoms with Gasteiger partial charge in [0.2, 0.25) is 0 Å². The number of aliphatic hydroxyl groups excluding tert-OH is 1. The predicted octanol–water partition coefficient (Wildman–Crippen LogP) is 5.90. The highest BCUT2D eigenvalue weighted by molar-refractivity contribution is 6.51. The van der Waals surface area contributed by atoms with Crippen LogP contribution in [0.25, 0.3) is 5.76 Å². The van der Waals surface area contributed by atoms with Crippen molar-refractivity contribution in [2.24, 2.45) is 0 Å². The molecule has 34 heavy (non-hydrogen) atoms. The third-order valence-corrected chi connectivity index (χ3v) is 5.66. The van der Waals surface area contributed by atoms with Gasteiger partial charge in [0.25, 0.3) is 11.7 Å². The molecule has 3 aromatic rings. The van der Waals surface area contributed by atoms with Crippen LogP contribution in [-0.2, 0) is 15.8 Å². The molecule has 0 spiro atoms. The highest BCUT2D eigenvalue weighted by Gasteiger charge is 2.48. The molecule has 1 atom stereocenters. The Balaban J connectivity index is 1.93. The zero-order chi connectivity index (χ0) is 24.8. The summed E-state index contributed by atoms with van der Waals surface area (Å²) in [4.78, 5) is 27.1. The number of ketones is 1. The fourth-order valence-electron chi connectivity index (χ4n) is 3.88. The molecule has 2 aromatic carbocycles. The molecule has 176 valence electrons. The van der Waals surface area contributed by atoms with Crippen molar-refractivity contribution in [3.05, 3.63) is 87.8 Å². The Morgan fingerprint density at radius 2 is 1.82 bits per heavy atom. The molecule has 1 N–H and O–H groups in total. The second-order valence-corrected chi connectivity index (χ2v) is 7.96. The zero-order valence-corrected chi connectivity index (χ0v) is 18.6. The van der Waals surface area contributed by atoms with Gasteiger partial charge >= 0.3 is 6.18 Å². The van der Waals surface area contributed by atoms with Gasteiger partial charge < -0.3 is 14.3 Å². The number of furan rings is 1. The van der Waals surface area contributed by atoms with Gasteiger partial charge in [-0.1, -0.05) is 11.6 Å². The lowest BCUT2D eigenvalue weighted by Crippen LogP contribution is -2.29. The number of benzene rings is 2.